The van der Waals surface area contributed by atoms with Crippen LogP contribution in [0.5, 0.6) is 5.75 Å². The van der Waals surface area contributed by atoms with Crippen molar-refractivity contribution in [3.8, 4) is 5.75 Å². The second-order valence-electron chi connectivity index (χ2n) is 4.18. The van der Waals surface area contributed by atoms with Gasteiger partial charge in [-0.1, -0.05) is 0 Å². The van der Waals surface area contributed by atoms with Crippen molar-refractivity contribution < 1.29 is 13.9 Å². The summed E-state index contributed by atoms with van der Waals surface area (Å²) in [5.74, 6) is -0.462. The number of pyridine rings is 1. The molecule has 0 aliphatic rings. The Morgan fingerprint density at radius 1 is 1.29 bits per heavy atom. The molecule has 21 heavy (non-hydrogen) atoms. The van der Waals surface area contributed by atoms with Gasteiger partial charge in [0.05, 0.1) is 12.2 Å². The summed E-state index contributed by atoms with van der Waals surface area (Å²) in [6, 6.07) is 8.20. The standard InChI is InChI=1S/C15H16FN3O2/c1-3-21-11-6-4-10(5-7-11)19-15(20)12-8-9-18-14(17-2)13(12)16/h4-9H,3H2,1-2H3,(H,17,18)(H,19,20). The minimum atomic E-state index is -0.677. The first-order chi connectivity index (χ1) is 10.2. The lowest BCUT2D eigenvalue weighted by molar-refractivity contribution is 0.102. The van der Waals surface area contributed by atoms with Crippen LogP contribution in [0.15, 0.2) is 36.5 Å². The number of nitrogens with one attached hydrogen (secondary N) is 2. The van der Waals surface area contributed by atoms with Gasteiger partial charge in [-0.05, 0) is 37.3 Å². The zero-order valence-corrected chi connectivity index (χ0v) is 11.8. The number of hydrogen-bond acceptors (Lipinski definition) is 4. The van der Waals surface area contributed by atoms with E-state index < -0.39 is 11.7 Å². The summed E-state index contributed by atoms with van der Waals surface area (Å²) in [6.07, 6.45) is 1.38. The lowest BCUT2D eigenvalue weighted by Gasteiger charge is -2.09. The van der Waals surface area contributed by atoms with Crippen molar-refractivity contribution in [3.05, 3.63) is 47.9 Å². The van der Waals surface area contributed by atoms with Gasteiger partial charge in [-0.25, -0.2) is 9.37 Å². The predicted molar refractivity (Wildman–Crippen MR) is 79.3 cm³/mol. The number of carbonyl (C=O) groups is 1. The number of ether oxygens (including phenoxy) is 1. The normalized spacial score (nSPS) is 10.0. The van der Waals surface area contributed by atoms with Crippen LogP contribution in [0.2, 0.25) is 0 Å². The molecule has 0 atom stereocenters. The van der Waals surface area contributed by atoms with Gasteiger partial charge in [-0.15, -0.1) is 0 Å². The molecule has 0 saturated carbocycles. The van der Waals surface area contributed by atoms with Crippen LogP contribution in [0.1, 0.15) is 17.3 Å². The quantitative estimate of drug-likeness (QED) is 0.888. The van der Waals surface area contributed by atoms with Crippen molar-refractivity contribution in [3.63, 3.8) is 0 Å². The van der Waals surface area contributed by atoms with E-state index in [1.54, 1.807) is 31.3 Å². The first-order valence-corrected chi connectivity index (χ1v) is 6.52. The fraction of sp³-hybridized carbons (Fsp3) is 0.200. The summed E-state index contributed by atoms with van der Waals surface area (Å²) in [5.41, 5.74) is 0.494. The molecule has 2 N–H and O–H groups in total. The Hall–Kier alpha value is -2.63. The third-order valence-electron chi connectivity index (χ3n) is 2.79. The first kappa shape index (κ1) is 14.8. The van der Waals surface area contributed by atoms with Crippen LogP contribution in [0.25, 0.3) is 0 Å². The molecule has 6 heteroatoms. The Morgan fingerprint density at radius 3 is 2.62 bits per heavy atom. The van der Waals surface area contributed by atoms with E-state index >= 15 is 0 Å². The third-order valence-corrected chi connectivity index (χ3v) is 2.79. The monoisotopic (exact) mass is 289 g/mol. The number of carbonyl (C=O) groups excluding carboxylic acids is 1. The highest BCUT2D eigenvalue weighted by atomic mass is 19.1. The largest absolute Gasteiger partial charge is 0.494 e. The van der Waals surface area contributed by atoms with Crippen LogP contribution < -0.4 is 15.4 Å². The fourth-order valence-electron chi connectivity index (χ4n) is 1.79. The molecule has 0 aliphatic carbocycles. The van der Waals surface area contributed by atoms with Gasteiger partial charge in [-0.2, -0.15) is 0 Å². The Balaban J connectivity index is 2.14. The Morgan fingerprint density at radius 2 is 2.00 bits per heavy atom. The van der Waals surface area contributed by atoms with Crippen LogP contribution in [0.3, 0.4) is 0 Å². The molecule has 0 saturated heterocycles. The first-order valence-electron chi connectivity index (χ1n) is 6.52. The van der Waals surface area contributed by atoms with Gasteiger partial charge in [-0.3, -0.25) is 4.79 Å². The van der Waals surface area contributed by atoms with Gasteiger partial charge < -0.3 is 15.4 Å². The molecule has 0 spiro atoms. The zero-order chi connectivity index (χ0) is 15.2. The summed E-state index contributed by atoms with van der Waals surface area (Å²) in [7, 11) is 1.54. The van der Waals surface area contributed by atoms with E-state index in [4.69, 9.17) is 4.74 Å². The van der Waals surface area contributed by atoms with Crippen molar-refractivity contribution in [2.45, 2.75) is 6.92 Å². The van der Waals surface area contributed by atoms with Crippen LogP contribution in [0, 0.1) is 5.82 Å². The van der Waals surface area contributed by atoms with E-state index in [2.05, 4.69) is 15.6 Å². The summed E-state index contributed by atoms with van der Waals surface area (Å²) in [5, 5.41) is 5.22. The molecule has 1 aromatic heterocycles. The number of aromatic nitrogens is 1. The van der Waals surface area contributed by atoms with Crippen LogP contribution in [0.4, 0.5) is 15.9 Å². The summed E-state index contributed by atoms with van der Waals surface area (Å²) in [6.45, 7) is 2.46. The maximum atomic E-state index is 14.0. The maximum Gasteiger partial charge on any atom is 0.258 e. The second kappa shape index (κ2) is 6.69. The highest BCUT2D eigenvalue weighted by Crippen LogP contribution is 2.19. The van der Waals surface area contributed by atoms with Crippen LogP contribution in [-0.2, 0) is 0 Å². The smallest absolute Gasteiger partial charge is 0.258 e. The van der Waals surface area contributed by atoms with E-state index in [1.165, 1.54) is 12.3 Å². The van der Waals surface area contributed by atoms with Crippen molar-refractivity contribution in [2.75, 3.05) is 24.3 Å². The summed E-state index contributed by atoms with van der Waals surface area (Å²) >= 11 is 0. The van der Waals surface area contributed by atoms with Crippen molar-refractivity contribution in [2.24, 2.45) is 0 Å². The SMILES string of the molecule is CCOc1ccc(NC(=O)c2ccnc(NC)c2F)cc1. The average molecular weight is 289 g/mol. The Bertz CT molecular complexity index is 629. The van der Waals surface area contributed by atoms with Crippen molar-refractivity contribution >= 4 is 17.4 Å². The lowest BCUT2D eigenvalue weighted by atomic mass is 10.2. The molecule has 2 rings (SSSR count). The van der Waals surface area contributed by atoms with E-state index in [0.29, 0.717) is 18.0 Å². The van der Waals surface area contributed by atoms with Crippen molar-refractivity contribution in [1.82, 2.24) is 4.98 Å². The van der Waals surface area contributed by atoms with E-state index in [0.717, 1.165) is 0 Å². The Labute approximate surface area is 122 Å². The van der Waals surface area contributed by atoms with E-state index in [-0.39, 0.29) is 11.4 Å². The molecule has 110 valence electrons. The molecule has 0 unspecified atom stereocenters. The predicted octanol–water partition coefficient (Wildman–Crippen LogP) is 2.91. The number of rotatable bonds is 5. The van der Waals surface area contributed by atoms with Crippen LogP contribution in [-0.4, -0.2) is 24.5 Å². The summed E-state index contributed by atoms with van der Waals surface area (Å²) < 4.78 is 19.3. The molecular weight excluding hydrogens is 273 g/mol. The highest BCUT2D eigenvalue weighted by Gasteiger charge is 2.15. The number of hydrogen-bond donors (Lipinski definition) is 2. The maximum absolute atomic E-state index is 14.0. The Kier molecular flexibility index (Phi) is 4.71. The minimum Gasteiger partial charge on any atom is -0.494 e. The van der Waals surface area contributed by atoms with E-state index in [9.17, 15) is 9.18 Å². The van der Waals surface area contributed by atoms with E-state index in [1.807, 2.05) is 6.92 Å². The topological polar surface area (TPSA) is 63.2 Å². The van der Waals surface area contributed by atoms with Gasteiger partial charge in [0.25, 0.3) is 5.91 Å². The van der Waals surface area contributed by atoms with Gasteiger partial charge in [0.2, 0.25) is 0 Å². The number of nitrogens with zero attached hydrogens (tertiary/aromatic N) is 1. The molecule has 1 aromatic carbocycles. The number of halogens is 1. The molecule has 0 aliphatic heterocycles. The minimum absolute atomic E-state index is 0.0364. The highest BCUT2D eigenvalue weighted by molar-refractivity contribution is 6.04. The fourth-order valence-corrected chi connectivity index (χ4v) is 1.79. The molecule has 1 heterocycles. The van der Waals surface area contributed by atoms with Gasteiger partial charge in [0.15, 0.2) is 11.6 Å². The lowest BCUT2D eigenvalue weighted by Crippen LogP contribution is -2.15. The second-order valence-corrected chi connectivity index (χ2v) is 4.18. The van der Waals surface area contributed by atoms with Gasteiger partial charge in [0, 0.05) is 18.9 Å². The van der Waals surface area contributed by atoms with Gasteiger partial charge in [0.1, 0.15) is 5.75 Å². The number of amides is 1. The molecule has 1 amide bonds. The number of anilines is 2. The molecule has 0 bridgehead atoms. The number of benzene rings is 1. The molecule has 5 nitrogen and oxygen atoms in total. The molecular formula is C15H16FN3O2. The summed E-state index contributed by atoms with van der Waals surface area (Å²) in [4.78, 5) is 15.9. The molecule has 2 aromatic rings. The molecule has 0 fully saturated rings. The van der Waals surface area contributed by atoms with Crippen molar-refractivity contribution in [1.29, 1.82) is 0 Å². The molecule has 0 radical (unpaired) electrons. The van der Waals surface area contributed by atoms with Crippen LogP contribution >= 0.6 is 0 Å². The van der Waals surface area contributed by atoms with Gasteiger partial charge >= 0.3 is 0 Å². The average Bonchev–Trinajstić information content (AvgIpc) is 2.49. The zero-order valence-electron chi connectivity index (χ0n) is 11.8. The third kappa shape index (κ3) is 3.47.